The Balaban J connectivity index is 1.58. The maximum absolute atomic E-state index is 11.9. The lowest BCUT2D eigenvalue weighted by Gasteiger charge is -2.08. The molecule has 116 valence electrons. The second-order valence-corrected chi connectivity index (χ2v) is 4.78. The number of hydrogen-bond donors (Lipinski definition) is 1. The number of aryl methyl sites for hydroxylation is 1. The number of pyridine rings is 2. The van der Waals surface area contributed by atoms with Crippen LogP contribution >= 0.6 is 0 Å². The van der Waals surface area contributed by atoms with E-state index >= 15 is 0 Å². The maximum Gasteiger partial charge on any atom is 0.262 e. The summed E-state index contributed by atoms with van der Waals surface area (Å²) in [5.41, 5.74) is 0.603. The van der Waals surface area contributed by atoms with Crippen LogP contribution in [-0.4, -0.2) is 32.0 Å². The van der Waals surface area contributed by atoms with Crippen molar-refractivity contribution in [3.8, 4) is 11.6 Å². The zero-order valence-corrected chi connectivity index (χ0v) is 12.5. The molecule has 0 aliphatic rings. The molecule has 0 aromatic carbocycles. The third-order valence-electron chi connectivity index (χ3n) is 3.11. The number of anilines is 1. The molecule has 0 saturated carbocycles. The molecule has 7 nitrogen and oxygen atoms in total. The Morgan fingerprint density at radius 1 is 1.22 bits per heavy atom. The van der Waals surface area contributed by atoms with Crippen LogP contribution in [0.15, 0.2) is 55.2 Å². The Hall–Kier alpha value is -3.22. The standard InChI is InChI=1S/C16H15N5O2/c1-12-18-7-8-21(12)15-5-4-13(9-19-15)20-16(22)11-23-14-3-2-6-17-10-14/h2-10H,11H2,1H3,(H,20,22). The minimum Gasteiger partial charge on any atom is -0.482 e. The largest absolute Gasteiger partial charge is 0.482 e. The van der Waals surface area contributed by atoms with Crippen molar-refractivity contribution in [2.24, 2.45) is 0 Å². The van der Waals surface area contributed by atoms with Gasteiger partial charge in [-0.2, -0.15) is 0 Å². The minimum absolute atomic E-state index is 0.0892. The third-order valence-corrected chi connectivity index (χ3v) is 3.11. The van der Waals surface area contributed by atoms with Crippen LogP contribution in [0.25, 0.3) is 5.82 Å². The molecule has 3 heterocycles. The zero-order chi connectivity index (χ0) is 16.1. The predicted octanol–water partition coefficient (Wildman–Crippen LogP) is 1.99. The summed E-state index contributed by atoms with van der Waals surface area (Å²) in [6.07, 6.45) is 8.33. The van der Waals surface area contributed by atoms with Crippen LogP contribution in [0.2, 0.25) is 0 Å². The molecule has 3 aromatic heterocycles. The van der Waals surface area contributed by atoms with Crippen LogP contribution in [0.4, 0.5) is 5.69 Å². The van der Waals surface area contributed by atoms with Crippen LogP contribution in [0.3, 0.4) is 0 Å². The van der Waals surface area contributed by atoms with Crippen molar-refractivity contribution >= 4 is 11.6 Å². The lowest BCUT2D eigenvalue weighted by atomic mass is 10.4. The van der Waals surface area contributed by atoms with Crippen LogP contribution in [0.5, 0.6) is 5.75 Å². The summed E-state index contributed by atoms with van der Waals surface area (Å²) in [6, 6.07) is 7.08. The predicted molar refractivity (Wildman–Crippen MR) is 84.5 cm³/mol. The Labute approximate surface area is 133 Å². The Morgan fingerprint density at radius 3 is 2.78 bits per heavy atom. The molecular formula is C16H15N5O2. The van der Waals surface area contributed by atoms with Crippen molar-refractivity contribution in [2.45, 2.75) is 6.92 Å². The average Bonchev–Trinajstić information content (AvgIpc) is 3.01. The lowest BCUT2D eigenvalue weighted by Crippen LogP contribution is -2.20. The number of carbonyl (C=O) groups is 1. The summed E-state index contributed by atoms with van der Waals surface area (Å²) in [6.45, 7) is 1.81. The molecule has 0 saturated heterocycles. The van der Waals surface area contributed by atoms with E-state index in [0.717, 1.165) is 11.6 Å². The van der Waals surface area contributed by atoms with Crippen molar-refractivity contribution in [3.63, 3.8) is 0 Å². The highest BCUT2D eigenvalue weighted by Crippen LogP contribution is 2.12. The Kier molecular flexibility index (Phi) is 4.28. The molecule has 0 radical (unpaired) electrons. The third kappa shape index (κ3) is 3.70. The molecular weight excluding hydrogens is 294 g/mol. The normalized spacial score (nSPS) is 10.3. The van der Waals surface area contributed by atoms with Crippen molar-refractivity contribution in [3.05, 3.63) is 61.1 Å². The molecule has 1 N–H and O–H groups in total. The van der Waals surface area contributed by atoms with E-state index in [1.54, 1.807) is 43.0 Å². The van der Waals surface area contributed by atoms with Gasteiger partial charge in [-0.15, -0.1) is 0 Å². The second kappa shape index (κ2) is 6.69. The maximum atomic E-state index is 11.9. The molecule has 7 heteroatoms. The van der Waals surface area contributed by atoms with E-state index in [9.17, 15) is 4.79 Å². The SMILES string of the molecule is Cc1nccn1-c1ccc(NC(=O)COc2cccnc2)cn1. The van der Waals surface area contributed by atoms with Gasteiger partial charge in [-0.25, -0.2) is 9.97 Å². The van der Waals surface area contributed by atoms with Gasteiger partial charge in [0.2, 0.25) is 0 Å². The first-order chi connectivity index (χ1) is 11.2. The number of aromatic nitrogens is 4. The molecule has 0 aliphatic carbocycles. The number of amides is 1. The molecule has 0 bridgehead atoms. The summed E-state index contributed by atoms with van der Waals surface area (Å²) in [7, 11) is 0. The van der Waals surface area contributed by atoms with Gasteiger partial charge in [-0.05, 0) is 31.2 Å². The fourth-order valence-electron chi connectivity index (χ4n) is 2.00. The van der Waals surface area contributed by atoms with Crippen molar-refractivity contribution in [1.29, 1.82) is 0 Å². The van der Waals surface area contributed by atoms with Gasteiger partial charge in [0.15, 0.2) is 6.61 Å². The van der Waals surface area contributed by atoms with Gasteiger partial charge >= 0.3 is 0 Å². The Morgan fingerprint density at radius 2 is 2.13 bits per heavy atom. The van der Waals surface area contributed by atoms with E-state index in [4.69, 9.17) is 4.74 Å². The molecule has 3 aromatic rings. The number of carbonyl (C=O) groups excluding carboxylic acids is 1. The molecule has 0 unspecified atom stereocenters. The van der Waals surface area contributed by atoms with Crippen LogP contribution in [0, 0.1) is 6.92 Å². The molecule has 0 atom stereocenters. The van der Waals surface area contributed by atoms with Gasteiger partial charge in [-0.1, -0.05) is 0 Å². The van der Waals surface area contributed by atoms with E-state index in [1.807, 2.05) is 23.8 Å². The number of nitrogens with zero attached hydrogens (tertiary/aromatic N) is 4. The molecule has 1 amide bonds. The molecule has 0 spiro atoms. The fraction of sp³-hybridized carbons (Fsp3) is 0.125. The highest BCUT2D eigenvalue weighted by Gasteiger charge is 2.06. The van der Waals surface area contributed by atoms with Crippen molar-refractivity contribution < 1.29 is 9.53 Å². The Bertz CT molecular complexity index is 784. The van der Waals surface area contributed by atoms with Gasteiger partial charge in [-0.3, -0.25) is 14.3 Å². The van der Waals surface area contributed by atoms with Crippen molar-refractivity contribution in [1.82, 2.24) is 19.5 Å². The van der Waals surface area contributed by atoms with Crippen LogP contribution < -0.4 is 10.1 Å². The fourth-order valence-corrected chi connectivity index (χ4v) is 2.00. The van der Waals surface area contributed by atoms with E-state index in [1.165, 1.54) is 0 Å². The van der Waals surface area contributed by atoms with Gasteiger partial charge in [0.25, 0.3) is 5.91 Å². The quantitative estimate of drug-likeness (QED) is 0.779. The lowest BCUT2D eigenvalue weighted by molar-refractivity contribution is -0.118. The first-order valence-electron chi connectivity index (χ1n) is 7.01. The van der Waals surface area contributed by atoms with Crippen LogP contribution in [-0.2, 0) is 4.79 Å². The smallest absolute Gasteiger partial charge is 0.262 e. The highest BCUT2D eigenvalue weighted by molar-refractivity contribution is 5.91. The van der Waals surface area contributed by atoms with E-state index in [0.29, 0.717) is 11.4 Å². The average molecular weight is 309 g/mol. The summed E-state index contributed by atoms with van der Waals surface area (Å²) >= 11 is 0. The van der Waals surface area contributed by atoms with Gasteiger partial charge in [0.05, 0.1) is 18.1 Å². The number of hydrogen-bond acceptors (Lipinski definition) is 5. The zero-order valence-electron chi connectivity index (χ0n) is 12.5. The second-order valence-electron chi connectivity index (χ2n) is 4.78. The topological polar surface area (TPSA) is 81.9 Å². The highest BCUT2D eigenvalue weighted by atomic mass is 16.5. The van der Waals surface area contributed by atoms with E-state index in [-0.39, 0.29) is 12.5 Å². The van der Waals surface area contributed by atoms with Crippen molar-refractivity contribution in [2.75, 3.05) is 11.9 Å². The minimum atomic E-state index is -0.262. The first-order valence-corrected chi connectivity index (χ1v) is 7.01. The van der Waals surface area contributed by atoms with Gasteiger partial charge in [0.1, 0.15) is 17.4 Å². The molecule has 23 heavy (non-hydrogen) atoms. The number of nitrogens with one attached hydrogen (secondary N) is 1. The summed E-state index contributed by atoms with van der Waals surface area (Å²) in [5, 5.41) is 2.73. The number of rotatable bonds is 5. The summed E-state index contributed by atoms with van der Waals surface area (Å²) in [4.78, 5) is 24.2. The monoisotopic (exact) mass is 309 g/mol. The summed E-state index contributed by atoms with van der Waals surface area (Å²) < 4.78 is 7.19. The van der Waals surface area contributed by atoms with Crippen LogP contribution in [0.1, 0.15) is 5.82 Å². The first kappa shape index (κ1) is 14.7. The molecule has 0 aliphatic heterocycles. The molecule has 0 fully saturated rings. The number of ether oxygens (including phenoxy) is 1. The molecule has 3 rings (SSSR count). The van der Waals surface area contributed by atoms with E-state index in [2.05, 4.69) is 20.3 Å². The van der Waals surface area contributed by atoms with Gasteiger partial charge in [0, 0.05) is 18.6 Å². The number of imidazole rings is 1. The van der Waals surface area contributed by atoms with E-state index < -0.39 is 0 Å². The summed E-state index contributed by atoms with van der Waals surface area (Å²) in [5.74, 6) is 1.87. The van der Waals surface area contributed by atoms with Gasteiger partial charge < -0.3 is 10.1 Å².